The molecule has 4 heteroatoms. The summed E-state index contributed by atoms with van der Waals surface area (Å²) in [5.41, 5.74) is 9.08. The zero-order valence-electron chi connectivity index (χ0n) is 12.1. The van der Waals surface area contributed by atoms with E-state index >= 15 is 0 Å². The molecule has 1 aromatic rings. The van der Waals surface area contributed by atoms with Gasteiger partial charge < -0.3 is 10.6 Å². The molecule has 1 fully saturated rings. The Bertz CT molecular complexity index is 542. The van der Waals surface area contributed by atoms with Gasteiger partial charge in [-0.2, -0.15) is 5.26 Å². The summed E-state index contributed by atoms with van der Waals surface area (Å²) in [6.45, 7) is 0.630. The molecule has 2 aliphatic rings. The molecule has 106 valence electrons. The molecule has 0 spiro atoms. The van der Waals surface area contributed by atoms with Crippen molar-refractivity contribution < 1.29 is 0 Å². The van der Waals surface area contributed by atoms with Crippen LogP contribution in [0.4, 0.5) is 5.82 Å². The number of aryl methyl sites for hydroxylation is 2. The van der Waals surface area contributed by atoms with Gasteiger partial charge in [-0.1, -0.05) is 0 Å². The van der Waals surface area contributed by atoms with Gasteiger partial charge in [0.15, 0.2) is 0 Å². The van der Waals surface area contributed by atoms with Crippen molar-refractivity contribution in [2.75, 3.05) is 18.5 Å². The Kier molecular flexibility index (Phi) is 3.62. The first-order chi connectivity index (χ1) is 9.74. The van der Waals surface area contributed by atoms with E-state index in [0.29, 0.717) is 24.1 Å². The van der Waals surface area contributed by atoms with Crippen LogP contribution in [0.25, 0.3) is 0 Å². The molecule has 20 heavy (non-hydrogen) atoms. The fraction of sp³-hybridized carbons (Fsp3) is 0.625. The number of nitriles is 1. The van der Waals surface area contributed by atoms with Crippen molar-refractivity contribution in [3.63, 3.8) is 0 Å². The van der Waals surface area contributed by atoms with Gasteiger partial charge in [-0.05, 0) is 56.1 Å². The number of hydrogen-bond donors (Lipinski definition) is 1. The van der Waals surface area contributed by atoms with E-state index < -0.39 is 0 Å². The summed E-state index contributed by atoms with van der Waals surface area (Å²) in [6.07, 6.45) is 7.01. The molecule has 2 aliphatic carbocycles. The zero-order chi connectivity index (χ0) is 14.1. The highest BCUT2D eigenvalue weighted by molar-refractivity contribution is 5.57. The van der Waals surface area contributed by atoms with Crippen molar-refractivity contribution in [1.29, 1.82) is 5.26 Å². The topological polar surface area (TPSA) is 65.9 Å². The normalized spacial score (nSPS) is 19.1. The second-order valence-electron chi connectivity index (χ2n) is 6.04. The summed E-state index contributed by atoms with van der Waals surface area (Å²) in [7, 11) is 2.04. The van der Waals surface area contributed by atoms with Crippen LogP contribution in [-0.4, -0.2) is 24.6 Å². The molecule has 0 aromatic carbocycles. The number of likely N-dealkylation sites (N-methyl/N-ethyl adjacent to an activating group) is 1. The zero-order valence-corrected chi connectivity index (χ0v) is 12.1. The van der Waals surface area contributed by atoms with E-state index in [0.717, 1.165) is 18.7 Å². The molecule has 2 N–H and O–H groups in total. The van der Waals surface area contributed by atoms with Gasteiger partial charge in [-0.3, -0.25) is 0 Å². The van der Waals surface area contributed by atoms with Gasteiger partial charge in [0.1, 0.15) is 11.9 Å². The summed E-state index contributed by atoms with van der Waals surface area (Å²) in [5, 5.41) is 9.43. The minimum atomic E-state index is 0.316. The largest absolute Gasteiger partial charge is 0.354 e. The lowest BCUT2D eigenvalue weighted by Crippen LogP contribution is -2.40. The summed E-state index contributed by atoms with van der Waals surface area (Å²) >= 11 is 0. The fourth-order valence-corrected chi connectivity index (χ4v) is 3.28. The van der Waals surface area contributed by atoms with Crippen LogP contribution < -0.4 is 10.6 Å². The number of pyridine rings is 1. The Hall–Kier alpha value is -1.60. The van der Waals surface area contributed by atoms with Crippen LogP contribution in [-0.2, 0) is 12.8 Å². The number of aromatic nitrogens is 1. The van der Waals surface area contributed by atoms with Crippen molar-refractivity contribution in [1.82, 2.24) is 4.98 Å². The molecule has 1 heterocycles. The Balaban J connectivity index is 1.96. The van der Waals surface area contributed by atoms with Crippen molar-refractivity contribution in [2.24, 2.45) is 11.7 Å². The number of nitrogens with zero attached hydrogens (tertiary/aromatic N) is 3. The first-order valence-electron chi connectivity index (χ1n) is 7.60. The van der Waals surface area contributed by atoms with E-state index in [2.05, 4.69) is 11.0 Å². The number of anilines is 1. The number of rotatable bonds is 4. The SMILES string of the molecule is CN(c1nc2c(cc1C#N)CCCC2)C(CN)C1CC1. The van der Waals surface area contributed by atoms with E-state index in [4.69, 9.17) is 10.7 Å². The van der Waals surface area contributed by atoms with Crippen LogP contribution >= 0.6 is 0 Å². The Morgan fingerprint density at radius 2 is 2.20 bits per heavy atom. The summed E-state index contributed by atoms with van der Waals surface area (Å²) < 4.78 is 0. The number of hydrogen-bond acceptors (Lipinski definition) is 4. The summed E-state index contributed by atoms with van der Waals surface area (Å²) in [5.74, 6) is 1.50. The maximum absolute atomic E-state index is 9.43. The second kappa shape index (κ2) is 5.41. The standard InChI is InChI=1S/C16H22N4/c1-20(15(10-18)11-6-7-11)16-13(9-17)8-12-4-2-3-5-14(12)19-16/h8,11,15H,2-7,10,18H2,1H3. The molecule has 1 saturated carbocycles. The molecule has 1 aromatic heterocycles. The molecule has 0 amide bonds. The van der Waals surface area contributed by atoms with Crippen LogP contribution in [0.15, 0.2) is 6.07 Å². The predicted octanol–water partition coefficient (Wildman–Crippen LogP) is 2.01. The highest BCUT2D eigenvalue weighted by Gasteiger charge is 2.34. The minimum absolute atomic E-state index is 0.316. The van der Waals surface area contributed by atoms with Gasteiger partial charge in [-0.25, -0.2) is 4.98 Å². The summed E-state index contributed by atoms with van der Waals surface area (Å²) in [4.78, 5) is 6.95. The van der Waals surface area contributed by atoms with Crippen LogP contribution in [0.1, 0.15) is 42.5 Å². The van der Waals surface area contributed by atoms with Gasteiger partial charge in [0.05, 0.1) is 5.56 Å². The first-order valence-corrected chi connectivity index (χ1v) is 7.60. The average Bonchev–Trinajstić information content (AvgIpc) is 3.31. The Morgan fingerprint density at radius 1 is 1.45 bits per heavy atom. The van der Waals surface area contributed by atoms with Crippen molar-refractivity contribution in [3.8, 4) is 6.07 Å². The van der Waals surface area contributed by atoms with Gasteiger partial charge in [0, 0.05) is 25.3 Å². The second-order valence-corrected chi connectivity index (χ2v) is 6.04. The molecule has 4 nitrogen and oxygen atoms in total. The molecule has 1 atom stereocenters. The van der Waals surface area contributed by atoms with Crippen LogP contribution in [0.3, 0.4) is 0 Å². The van der Waals surface area contributed by atoms with E-state index in [1.54, 1.807) is 0 Å². The maximum Gasteiger partial charge on any atom is 0.146 e. The lowest BCUT2D eigenvalue weighted by Gasteiger charge is -2.30. The molecule has 0 aliphatic heterocycles. The average molecular weight is 270 g/mol. The third-order valence-electron chi connectivity index (χ3n) is 4.64. The Labute approximate surface area is 120 Å². The predicted molar refractivity (Wildman–Crippen MR) is 79.6 cm³/mol. The monoisotopic (exact) mass is 270 g/mol. The fourth-order valence-electron chi connectivity index (χ4n) is 3.28. The maximum atomic E-state index is 9.43. The van der Waals surface area contributed by atoms with Crippen molar-refractivity contribution in [3.05, 3.63) is 22.9 Å². The van der Waals surface area contributed by atoms with Crippen LogP contribution in [0.2, 0.25) is 0 Å². The molecule has 3 rings (SSSR count). The van der Waals surface area contributed by atoms with Gasteiger partial charge in [0.25, 0.3) is 0 Å². The van der Waals surface area contributed by atoms with E-state index in [1.165, 1.54) is 36.9 Å². The van der Waals surface area contributed by atoms with Gasteiger partial charge in [-0.15, -0.1) is 0 Å². The summed E-state index contributed by atoms with van der Waals surface area (Å²) in [6, 6.07) is 4.69. The van der Waals surface area contributed by atoms with Crippen molar-refractivity contribution in [2.45, 2.75) is 44.6 Å². The third kappa shape index (κ3) is 2.38. The lowest BCUT2D eigenvalue weighted by molar-refractivity contribution is 0.563. The highest BCUT2D eigenvalue weighted by atomic mass is 15.2. The molecule has 1 unspecified atom stereocenters. The van der Waals surface area contributed by atoms with Crippen LogP contribution in [0.5, 0.6) is 0 Å². The molecular weight excluding hydrogens is 248 g/mol. The molecule has 0 radical (unpaired) electrons. The Morgan fingerprint density at radius 3 is 2.85 bits per heavy atom. The van der Waals surface area contributed by atoms with Gasteiger partial charge in [0.2, 0.25) is 0 Å². The quantitative estimate of drug-likeness (QED) is 0.909. The molecular formula is C16H22N4. The van der Waals surface area contributed by atoms with Crippen molar-refractivity contribution >= 4 is 5.82 Å². The number of fused-ring (bicyclic) bond motifs is 1. The van der Waals surface area contributed by atoms with E-state index in [1.807, 2.05) is 13.1 Å². The van der Waals surface area contributed by atoms with E-state index in [-0.39, 0.29) is 0 Å². The highest BCUT2D eigenvalue weighted by Crippen LogP contribution is 2.37. The molecule has 0 bridgehead atoms. The van der Waals surface area contributed by atoms with E-state index in [9.17, 15) is 5.26 Å². The first kappa shape index (κ1) is 13.4. The molecule has 0 saturated heterocycles. The minimum Gasteiger partial charge on any atom is -0.354 e. The van der Waals surface area contributed by atoms with Gasteiger partial charge >= 0.3 is 0 Å². The van der Waals surface area contributed by atoms with Crippen LogP contribution in [0, 0.1) is 17.2 Å². The smallest absolute Gasteiger partial charge is 0.146 e. The number of nitrogens with two attached hydrogens (primary N) is 1. The lowest BCUT2D eigenvalue weighted by atomic mass is 9.94. The third-order valence-corrected chi connectivity index (χ3v) is 4.64.